The molecule has 2 aliphatic heterocycles. The number of fused-ring (bicyclic) bond motifs is 2. The lowest BCUT2D eigenvalue weighted by atomic mass is 9.85. The number of amides is 1. The van der Waals surface area contributed by atoms with Crippen molar-refractivity contribution in [2.24, 2.45) is 0 Å². The molecule has 5 nitrogen and oxygen atoms in total. The van der Waals surface area contributed by atoms with Crippen LogP contribution in [0.5, 0.6) is 0 Å². The summed E-state index contributed by atoms with van der Waals surface area (Å²) in [5.41, 5.74) is 0.307. The summed E-state index contributed by atoms with van der Waals surface area (Å²) >= 11 is 0. The second-order valence-electron chi connectivity index (χ2n) is 8.17. The average molecular weight is 363 g/mol. The van der Waals surface area contributed by atoms with E-state index in [9.17, 15) is 14.0 Å². The van der Waals surface area contributed by atoms with Gasteiger partial charge >= 0.3 is 12.1 Å². The minimum atomic E-state index is -0.672. The molecular weight excluding hydrogens is 337 g/mol. The van der Waals surface area contributed by atoms with E-state index in [1.807, 2.05) is 25.7 Å². The van der Waals surface area contributed by atoms with Crippen LogP contribution in [0.2, 0.25) is 0 Å². The molecule has 2 aliphatic rings. The SMILES string of the molecule is COC(=O)c1ccc(C2CC3CCC(C2)N3C(=O)OC(C)(C)C)cc1F. The lowest BCUT2D eigenvalue weighted by molar-refractivity contribution is 0.00580. The molecule has 2 fully saturated rings. The topological polar surface area (TPSA) is 55.8 Å². The summed E-state index contributed by atoms with van der Waals surface area (Å²) in [6, 6.07) is 4.95. The molecule has 2 bridgehead atoms. The standard InChI is InChI=1S/C20H26FNO4/c1-20(2,3)26-19(24)22-14-6-7-15(22)10-13(9-14)12-5-8-16(17(21)11-12)18(23)25-4/h5,8,11,13-15H,6-7,9-10H2,1-4H3. The van der Waals surface area contributed by atoms with Gasteiger partial charge in [-0.2, -0.15) is 0 Å². The van der Waals surface area contributed by atoms with Crippen molar-refractivity contribution in [2.75, 3.05) is 7.11 Å². The Morgan fingerprint density at radius 2 is 1.77 bits per heavy atom. The lowest BCUT2D eigenvalue weighted by Gasteiger charge is -2.39. The first-order valence-corrected chi connectivity index (χ1v) is 9.08. The highest BCUT2D eigenvalue weighted by Crippen LogP contribution is 2.43. The fourth-order valence-corrected chi connectivity index (χ4v) is 4.12. The highest BCUT2D eigenvalue weighted by atomic mass is 19.1. The zero-order valence-corrected chi connectivity index (χ0v) is 15.8. The van der Waals surface area contributed by atoms with Crippen molar-refractivity contribution in [3.05, 3.63) is 35.1 Å². The van der Waals surface area contributed by atoms with Crippen LogP contribution in [0.4, 0.5) is 9.18 Å². The number of ether oxygens (including phenoxy) is 2. The summed E-state index contributed by atoms with van der Waals surface area (Å²) in [7, 11) is 1.24. The van der Waals surface area contributed by atoms with Crippen LogP contribution in [-0.2, 0) is 9.47 Å². The van der Waals surface area contributed by atoms with Crippen LogP contribution < -0.4 is 0 Å². The summed E-state index contributed by atoms with van der Waals surface area (Å²) in [6.07, 6.45) is 3.21. The zero-order valence-electron chi connectivity index (χ0n) is 15.8. The fraction of sp³-hybridized carbons (Fsp3) is 0.600. The second kappa shape index (κ2) is 6.89. The van der Waals surface area contributed by atoms with Crippen molar-refractivity contribution in [1.82, 2.24) is 4.90 Å². The summed E-state index contributed by atoms with van der Waals surface area (Å²) in [4.78, 5) is 25.9. The van der Waals surface area contributed by atoms with Crippen molar-refractivity contribution in [3.63, 3.8) is 0 Å². The van der Waals surface area contributed by atoms with Crippen LogP contribution in [0.15, 0.2) is 18.2 Å². The molecule has 0 aromatic heterocycles. The molecule has 0 spiro atoms. The Hall–Kier alpha value is -2.11. The molecular formula is C20H26FNO4. The first-order valence-electron chi connectivity index (χ1n) is 9.08. The minimum Gasteiger partial charge on any atom is -0.465 e. The Kier molecular flexibility index (Phi) is 4.95. The van der Waals surface area contributed by atoms with Crippen LogP contribution in [0.3, 0.4) is 0 Å². The molecule has 1 amide bonds. The van der Waals surface area contributed by atoms with E-state index in [2.05, 4.69) is 4.74 Å². The van der Waals surface area contributed by atoms with E-state index < -0.39 is 17.4 Å². The molecule has 1 aromatic rings. The van der Waals surface area contributed by atoms with Crippen LogP contribution in [0.1, 0.15) is 68.3 Å². The molecule has 6 heteroatoms. The Bertz CT molecular complexity index is 698. The van der Waals surface area contributed by atoms with Crippen molar-refractivity contribution in [2.45, 2.75) is 70.1 Å². The van der Waals surface area contributed by atoms with Gasteiger partial charge < -0.3 is 14.4 Å². The van der Waals surface area contributed by atoms with Gasteiger partial charge in [0.1, 0.15) is 11.4 Å². The predicted octanol–water partition coefficient (Wildman–Crippen LogP) is 4.26. The maximum atomic E-state index is 14.3. The molecule has 26 heavy (non-hydrogen) atoms. The number of halogens is 1. The number of rotatable bonds is 2. The van der Waals surface area contributed by atoms with Gasteiger partial charge in [0.15, 0.2) is 0 Å². The number of methoxy groups -OCH3 is 1. The number of esters is 1. The third-order valence-electron chi connectivity index (χ3n) is 5.21. The van der Waals surface area contributed by atoms with Crippen molar-refractivity contribution < 1.29 is 23.5 Å². The number of nitrogens with zero attached hydrogens (tertiary/aromatic N) is 1. The normalized spacial score (nSPS) is 25.1. The molecule has 2 unspecified atom stereocenters. The van der Waals surface area contributed by atoms with Gasteiger partial charge in [0.25, 0.3) is 0 Å². The third kappa shape index (κ3) is 3.69. The number of benzene rings is 1. The van der Waals surface area contributed by atoms with Gasteiger partial charge in [-0.25, -0.2) is 14.0 Å². The Morgan fingerprint density at radius 1 is 1.15 bits per heavy atom. The predicted molar refractivity (Wildman–Crippen MR) is 94.6 cm³/mol. The maximum Gasteiger partial charge on any atom is 0.410 e. The summed E-state index contributed by atoms with van der Waals surface area (Å²) in [5.74, 6) is -1.06. The number of carbonyl (C=O) groups excluding carboxylic acids is 2. The average Bonchev–Trinajstić information content (AvgIpc) is 2.83. The number of hydrogen-bond acceptors (Lipinski definition) is 4. The van der Waals surface area contributed by atoms with Gasteiger partial charge in [0, 0.05) is 12.1 Å². The quantitative estimate of drug-likeness (QED) is 0.737. The zero-order chi connectivity index (χ0) is 19.1. The fourth-order valence-electron chi connectivity index (χ4n) is 4.12. The minimum absolute atomic E-state index is 0.0505. The largest absolute Gasteiger partial charge is 0.465 e. The number of piperidine rings is 1. The second-order valence-corrected chi connectivity index (χ2v) is 8.17. The monoisotopic (exact) mass is 363 g/mol. The van der Waals surface area contributed by atoms with E-state index in [-0.39, 0.29) is 29.7 Å². The van der Waals surface area contributed by atoms with E-state index in [4.69, 9.17) is 4.74 Å². The van der Waals surface area contributed by atoms with Crippen LogP contribution >= 0.6 is 0 Å². The van der Waals surface area contributed by atoms with E-state index in [0.29, 0.717) is 0 Å². The van der Waals surface area contributed by atoms with Gasteiger partial charge in [0.05, 0.1) is 12.7 Å². The molecule has 0 radical (unpaired) electrons. The van der Waals surface area contributed by atoms with Crippen molar-refractivity contribution in [3.8, 4) is 0 Å². The van der Waals surface area contributed by atoms with Crippen LogP contribution in [-0.4, -0.2) is 41.8 Å². The molecule has 142 valence electrons. The Balaban J connectivity index is 1.74. The Morgan fingerprint density at radius 3 is 2.27 bits per heavy atom. The molecule has 2 atom stereocenters. The van der Waals surface area contributed by atoms with E-state index >= 15 is 0 Å². The third-order valence-corrected chi connectivity index (χ3v) is 5.21. The smallest absolute Gasteiger partial charge is 0.410 e. The Labute approximate surface area is 153 Å². The summed E-state index contributed by atoms with van der Waals surface area (Å²) in [5, 5.41) is 0. The van der Waals surface area contributed by atoms with E-state index in [0.717, 1.165) is 31.2 Å². The van der Waals surface area contributed by atoms with Gasteiger partial charge in [-0.15, -0.1) is 0 Å². The van der Waals surface area contributed by atoms with Crippen LogP contribution in [0.25, 0.3) is 0 Å². The van der Waals surface area contributed by atoms with Gasteiger partial charge in [-0.05, 0) is 70.1 Å². The molecule has 2 heterocycles. The first-order chi connectivity index (χ1) is 12.2. The highest BCUT2D eigenvalue weighted by molar-refractivity contribution is 5.89. The lowest BCUT2D eigenvalue weighted by Crippen LogP contribution is -2.48. The molecule has 1 aromatic carbocycles. The van der Waals surface area contributed by atoms with Gasteiger partial charge in [-0.1, -0.05) is 6.07 Å². The van der Waals surface area contributed by atoms with Gasteiger partial charge in [-0.3, -0.25) is 0 Å². The molecule has 2 saturated heterocycles. The van der Waals surface area contributed by atoms with Crippen LogP contribution in [0, 0.1) is 5.82 Å². The van der Waals surface area contributed by atoms with Crippen molar-refractivity contribution >= 4 is 12.1 Å². The highest BCUT2D eigenvalue weighted by Gasteiger charge is 2.45. The van der Waals surface area contributed by atoms with Crippen molar-refractivity contribution in [1.29, 1.82) is 0 Å². The maximum absolute atomic E-state index is 14.3. The molecule has 0 N–H and O–H groups in total. The van der Waals surface area contributed by atoms with Gasteiger partial charge in [0.2, 0.25) is 0 Å². The van der Waals surface area contributed by atoms with E-state index in [1.54, 1.807) is 6.07 Å². The molecule has 0 aliphatic carbocycles. The summed E-state index contributed by atoms with van der Waals surface area (Å²) in [6.45, 7) is 5.60. The molecule has 0 saturated carbocycles. The first kappa shape index (κ1) is 18.7. The molecule has 3 rings (SSSR count). The number of hydrogen-bond donors (Lipinski definition) is 0. The number of carbonyl (C=O) groups is 2. The van der Waals surface area contributed by atoms with E-state index in [1.165, 1.54) is 19.2 Å². The summed E-state index contributed by atoms with van der Waals surface area (Å²) < 4.78 is 24.4.